The number of benzene rings is 1. The lowest BCUT2D eigenvalue weighted by Crippen LogP contribution is -2.53. The van der Waals surface area contributed by atoms with Gasteiger partial charge in [-0.3, -0.25) is 9.80 Å². The predicted molar refractivity (Wildman–Crippen MR) is 168 cm³/mol. The van der Waals surface area contributed by atoms with Crippen molar-refractivity contribution in [1.29, 1.82) is 0 Å². The van der Waals surface area contributed by atoms with Gasteiger partial charge < -0.3 is 15.7 Å². The molecular formula is C32H46FN5OS. The first-order chi connectivity index (χ1) is 19.4. The molecule has 3 N–H and O–H groups in total. The first-order valence-electron chi connectivity index (χ1n) is 14.3. The van der Waals surface area contributed by atoms with Crippen LogP contribution in [0.4, 0.5) is 9.70 Å². The quantitative estimate of drug-likeness (QED) is 0.263. The van der Waals surface area contributed by atoms with E-state index in [-0.39, 0.29) is 0 Å². The number of hydrogen-bond donors (Lipinski definition) is 2. The second-order valence-electron chi connectivity index (χ2n) is 10.5. The van der Waals surface area contributed by atoms with Gasteiger partial charge in [-0.05, 0) is 93.4 Å². The molecule has 3 heterocycles. The molecule has 0 spiro atoms. The zero-order chi connectivity index (χ0) is 29.1. The van der Waals surface area contributed by atoms with E-state index < -0.39 is 0 Å². The summed E-state index contributed by atoms with van der Waals surface area (Å²) in [6, 6.07) is 10.6. The van der Waals surface area contributed by atoms with E-state index >= 15 is 0 Å². The van der Waals surface area contributed by atoms with Crippen LogP contribution in [0.25, 0.3) is 5.57 Å². The zero-order valence-electron chi connectivity index (χ0n) is 24.6. The smallest absolute Gasteiger partial charge is 0.131 e. The van der Waals surface area contributed by atoms with E-state index in [0.29, 0.717) is 35.3 Å². The molecule has 2 saturated heterocycles. The molecule has 0 atom stereocenters. The lowest BCUT2D eigenvalue weighted by atomic mass is 10.00. The molecule has 2 aromatic rings. The van der Waals surface area contributed by atoms with Gasteiger partial charge in [0.1, 0.15) is 5.82 Å². The standard InChI is InChI=1S/C31H41FN4OS.CH5N/c1-5-29(37)9-6-23(2)25(4)27-20-24(3)31(33-21-27)36-18-16-35(17-19-36)28-12-14-34(15-13-28)22-26-7-10-30(38-32)11-8-26;1-2/h6-11,20-21,28,37H,4-5,12-19,22H2,1-3H3;2H2,1H3/b23-6+,29-9+;. The highest BCUT2D eigenvalue weighted by Gasteiger charge is 2.28. The van der Waals surface area contributed by atoms with Gasteiger partial charge in [-0.1, -0.05) is 31.7 Å². The number of nitrogens with zero attached hydrogens (tertiary/aromatic N) is 4. The number of hydrogen-bond acceptors (Lipinski definition) is 7. The molecule has 4 rings (SSSR count). The summed E-state index contributed by atoms with van der Waals surface area (Å²) in [5.74, 6) is 1.44. The molecule has 0 unspecified atom stereocenters. The molecule has 0 radical (unpaired) electrons. The fourth-order valence-corrected chi connectivity index (χ4v) is 5.62. The van der Waals surface area contributed by atoms with Crippen molar-refractivity contribution < 1.29 is 8.99 Å². The number of halogens is 1. The second kappa shape index (κ2) is 16.0. The Labute approximate surface area is 244 Å². The van der Waals surface area contributed by atoms with Gasteiger partial charge in [0.25, 0.3) is 0 Å². The molecule has 1 aromatic carbocycles. The Balaban J connectivity index is 0.00000216. The monoisotopic (exact) mass is 567 g/mol. The fourth-order valence-electron chi connectivity index (χ4n) is 5.38. The molecule has 0 amide bonds. The average molecular weight is 568 g/mol. The maximum atomic E-state index is 12.7. The first-order valence-corrected chi connectivity index (χ1v) is 15.0. The van der Waals surface area contributed by atoms with Gasteiger partial charge in [0.2, 0.25) is 0 Å². The minimum atomic E-state index is 0.304. The number of nitrogens with two attached hydrogens (primary N) is 1. The van der Waals surface area contributed by atoms with E-state index in [1.54, 1.807) is 6.08 Å². The number of anilines is 1. The minimum Gasteiger partial charge on any atom is -0.512 e. The van der Waals surface area contributed by atoms with Crippen molar-refractivity contribution in [3.05, 3.63) is 83.3 Å². The van der Waals surface area contributed by atoms with Crippen molar-refractivity contribution in [3.8, 4) is 0 Å². The molecule has 2 fully saturated rings. The van der Waals surface area contributed by atoms with Gasteiger partial charge >= 0.3 is 0 Å². The van der Waals surface area contributed by atoms with Gasteiger partial charge in [-0.2, -0.15) is 3.89 Å². The summed E-state index contributed by atoms with van der Waals surface area (Å²) in [7, 11) is 1.50. The topological polar surface area (TPSA) is 68.9 Å². The SMILES string of the molecule is C=C(/C(C)=C/C=C(/O)CC)c1cnc(N2CCN(C3CCN(Cc4ccc(SF)cc4)CC3)CC2)c(C)c1.CN. The maximum absolute atomic E-state index is 12.7. The highest BCUT2D eigenvalue weighted by atomic mass is 32.2. The highest BCUT2D eigenvalue weighted by Crippen LogP contribution is 2.27. The molecule has 218 valence electrons. The summed E-state index contributed by atoms with van der Waals surface area (Å²) in [6.45, 7) is 17.6. The van der Waals surface area contributed by atoms with E-state index in [9.17, 15) is 8.99 Å². The van der Waals surface area contributed by atoms with Gasteiger partial charge in [0, 0.05) is 61.8 Å². The molecule has 0 saturated carbocycles. The Morgan fingerprint density at radius 2 is 1.75 bits per heavy atom. The Bertz CT molecular complexity index is 1150. The molecule has 6 nitrogen and oxygen atoms in total. The summed E-state index contributed by atoms with van der Waals surface area (Å²) >= 11 is 0.304. The van der Waals surface area contributed by atoms with Crippen LogP contribution in [0, 0.1) is 6.92 Å². The van der Waals surface area contributed by atoms with E-state index in [2.05, 4.69) is 40.0 Å². The summed E-state index contributed by atoms with van der Waals surface area (Å²) < 4.78 is 12.7. The molecule has 0 bridgehead atoms. The Kier molecular flexibility index (Phi) is 12.7. The number of rotatable bonds is 9. The van der Waals surface area contributed by atoms with Crippen LogP contribution in [0.15, 0.2) is 71.5 Å². The number of likely N-dealkylation sites (tertiary alicyclic amines) is 1. The van der Waals surface area contributed by atoms with Gasteiger partial charge in [0.05, 0.1) is 17.9 Å². The van der Waals surface area contributed by atoms with Gasteiger partial charge in [-0.25, -0.2) is 4.98 Å². The number of aliphatic hydroxyl groups excluding tert-OH is 1. The van der Waals surface area contributed by atoms with Crippen molar-refractivity contribution in [2.45, 2.75) is 57.5 Å². The zero-order valence-corrected chi connectivity index (χ0v) is 25.4. The van der Waals surface area contributed by atoms with Crippen LogP contribution in [0.3, 0.4) is 0 Å². The van der Waals surface area contributed by atoms with E-state index in [4.69, 9.17) is 4.98 Å². The lowest BCUT2D eigenvalue weighted by Gasteiger charge is -2.43. The second-order valence-corrected chi connectivity index (χ2v) is 11.1. The van der Waals surface area contributed by atoms with E-state index in [1.807, 2.05) is 50.4 Å². The first kappa shape index (κ1) is 31.9. The molecule has 1 aromatic heterocycles. The number of aromatic nitrogens is 1. The average Bonchev–Trinajstić information content (AvgIpc) is 3.01. The van der Waals surface area contributed by atoms with Crippen LogP contribution in [0.1, 0.15) is 49.8 Å². The van der Waals surface area contributed by atoms with Crippen LogP contribution in [-0.2, 0) is 6.54 Å². The van der Waals surface area contributed by atoms with Crippen molar-refractivity contribution in [2.75, 3.05) is 51.2 Å². The number of aliphatic hydroxyl groups is 1. The largest absolute Gasteiger partial charge is 0.512 e. The third-order valence-corrected chi connectivity index (χ3v) is 8.32. The third kappa shape index (κ3) is 8.67. The van der Waals surface area contributed by atoms with E-state index in [0.717, 1.165) is 68.3 Å². The number of allylic oxidation sites excluding steroid dienone is 5. The van der Waals surface area contributed by atoms with Crippen molar-refractivity contribution in [1.82, 2.24) is 14.8 Å². The van der Waals surface area contributed by atoms with E-state index in [1.165, 1.54) is 31.0 Å². The highest BCUT2D eigenvalue weighted by molar-refractivity contribution is 7.94. The van der Waals surface area contributed by atoms with Crippen molar-refractivity contribution >= 4 is 23.5 Å². The molecular weight excluding hydrogens is 521 g/mol. The van der Waals surface area contributed by atoms with Crippen LogP contribution in [-0.4, -0.2) is 72.2 Å². The normalized spacial score (nSPS) is 17.9. The van der Waals surface area contributed by atoms with Gasteiger partial charge in [0.15, 0.2) is 0 Å². The number of aryl methyl sites for hydroxylation is 1. The Morgan fingerprint density at radius 3 is 2.33 bits per heavy atom. The summed E-state index contributed by atoms with van der Waals surface area (Å²) in [5, 5.41) is 9.72. The number of piperidine rings is 1. The van der Waals surface area contributed by atoms with Crippen LogP contribution in [0.5, 0.6) is 0 Å². The van der Waals surface area contributed by atoms with Gasteiger partial charge in [-0.15, -0.1) is 0 Å². The van der Waals surface area contributed by atoms with Crippen LogP contribution < -0.4 is 10.6 Å². The molecule has 40 heavy (non-hydrogen) atoms. The summed E-state index contributed by atoms with van der Waals surface area (Å²) in [6.07, 6.45) is 8.60. The number of piperazine rings is 1. The molecule has 8 heteroatoms. The predicted octanol–water partition coefficient (Wildman–Crippen LogP) is 6.54. The Hall–Kier alpha value is -2.65. The maximum Gasteiger partial charge on any atom is 0.131 e. The molecule has 0 aliphatic carbocycles. The molecule has 2 aliphatic heterocycles. The van der Waals surface area contributed by atoms with Crippen LogP contribution >= 0.6 is 12.1 Å². The van der Waals surface area contributed by atoms with Crippen molar-refractivity contribution in [3.63, 3.8) is 0 Å². The molecule has 2 aliphatic rings. The van der Waals surface area contributed by atoms with Crippen molar-refractivity contribution in [2.24, 2.45) is 5.73 Å². The minimum absolute atomic E-state index is 0.304. The fraction of sp³-hybridized carbons (Fsp3) is 0.469. The lowest BCUT2D eigenvalue weighted by molar-refractivity contribution is 0.0997. The third-order valence-electron chi connectivity index (χ3n) is 7.87. The Morgan fingerprint density at radius 1 is 1.10 bits per heavy atom. The van der Waals surface area contributed by atoms with Crippen LogP contribution in [0.2, 0.25) is 0 Å². The number of pyridine rings is 1. The summed E-state index contributed by atoms with van der Waals surface area (Å²) in [5.41, 5.74) is 9.90. The summed E-state index contributed by atoms with van der Waals surface area (Å²) in [4.78, 5) is 13.1.